The van der Waals surface area contributed by atoms with Crippen LogP contribution < -0.4 is 14.8 Å². The van der Waals surface area contributed by atoms with Crippen LogP contribution in [0, 0.1) is 5.82 Å². The predicted octanol–water partition coefficient (Wildman–Crippen LogP) is 3.85. The number of halogens is 1. The van der Waals surface area contributed by atoms with Crippen molar-refractivity contribution in [2.24, 2.45) is 0 Å². The number of fused-ring (bicyclic) bond motifs is 1. The molecule has 1 aromatic heterocycles. The van der Waals surface area contributed by atoms with Crippen LogP contribution in [0.5, 0.6) is 11.5 Å². The molecule has 2 aliphatic rings. The molecule has 0 unspecified atom stereocenters. The SMILES string of the molecule is COc1ccc([C@@H]2CC(=O)C3=C(C2)Nc2ncnn2[C@@H]3c2cccc(F)c2)cc1OC. The fraction of sp³-hybridized carbons (Fsp3) is 0.261. The number of benzene rings is 2. The van der Waals surface area contributed by atoms with Gasteiger partial charge in [0.15, 0.2) is 17.3 Å². The minimum absolute atomic E-state index is 0.00365. The number of rotatable bonds is 4. The van der Waals surface area contributed by atoms with Gasteiger partial charge >= 0.3 is 0 Å². The van der Waals surface area contributed by atoms with Crippen molar-refractivity contribution in [2.75, 3.05) is 19.5 Å². The number of allylic oxidation sites excluding steroid dienone is 2. The fourth-order valence-electron chi connectivity index (χ4n) is 4.48. The lowest BCUT2D eigenvalue weighted by molar-refractivity contribution is -0.116. The topological polar surface area (TPSA) is 78.3 Å². The van der Waals surface area contributed by atoms with E-state index in [2.05, 4.69) is 15.4 Å². The molecule has 3 aromatic rings. The molecular weight excluding hydrogens is 399 g/mol. The van der Waals surface area contributed by atoms with Crippen LogP contribution in [-0.2, 0) is 4.79 Å². The van der Waals surface area contributed by atoms with E-state index >= 15 is 0 Å². The highest BCUT2D eigenvalue weighted by Crippen LogP contribution is 2.44. The number of Topliss-reactive ketones (excluding diaryl/α,β-unsaturated/α-hetero) is 1. The first-order valence-corrected chi connectivity index (χ1v) is 9.99. The summed E-state index contributed by atoms with van der Waals surface area (Å²) in [6, 6.07) is 11.5. The van der Waals surface area contributed by atoms with E-state index in [1.807, 2.05) is 24.3 Å². The van der Waals surface area contributed by atoms with Crippen LogP contribution in [0.3, 0.4) is 0 Å². The van der Waals surface area contributed by atoms with Gasteiger partial charge in [-0.2, -0.15) is 10.1 Å². The standard InChI is InChI=1S/C23H21FN4O3/c1-30-19-7-6-13(11-20(19)31-2)15-9-17-21(18(29)10-15)22(14-4-3-5-16(24)8-14)28-23(27-17)25-12-26-28/h3-8,11-12,15,22H,9-10H2,1-2H3,(H,25,26,27)/t15-,22+/m0/s1. The second kappa shape index (κ2) is 7.54. The summed E-state index contributed by atoms with van der Waals surface area (Å²) in [5.41, 5.74) is 3.07. The Bertz CT molecular complexity index is 1200. The minimum atomic E-state index is -0.511. The summed E-state index contributed by atoms with van der Waals surface area (Å²) >= 11 is 0. The third-order valence-corrected chi connectivity index (χ3v) is 5.91. The van der Waals surface area contributed by atoms with Gasteiger partial charge < -0.3 is 14.8 Å². The first-order valence-electron chi connectivity index (χ1n) is 9.99. The lowest BCUT2D eigenvalue weighted by atomic mass is 9.78. The molecule has 0 fully saturated rings. The first kappa shape index (κ1) is 19.3. The lowest BCUT2D eigenvalue weighted by Gasteiger charge is -2.35. The number of methoxy groups -OCH3 is 2. The predicted molar refractivity (Wildman–Crippen MR) is 112 cm³/mol. The number of anilines is 1. The lowest BCUT2D eigenvalue weighted by Crippen LogP contribution is -2.33. The van der Waals surface area contributed by atoms with E-state index in [0.29, 0.717) is 41.4 Å². The number of hydrogen-bond donors (Lipinski definition) is 1. The number of ether oxygens (including phenoxy) is 2. The molecule has 0 bridgehead atoms. The maximum absolute atomic E-state index is 14.0. The highest BCUT2D eigenvalue weighted by Gasteiger charge is 2.39. The molecule has 1 aliphatic heterocycles. The Hall–Kier alpha value is -3.68. The van der Waals surface area contributed by atoms with Crippen molar-refractivity contribution in [3.63, 3.8) is 0 Å². The van der Waals surface area contributed by atoms with Crippen molar-refractivity contribution in [1.82, 2.24) is 14.8 Å². The second-order valence-corrected chi connectivity index (χ2v) is 7.65. The van der Waals surface area contributed by atoms with Crippen molar-refractivity contribution < 1.29 is 18.7 Å². The summed E-state index contributed by atoms with van der Waals surface area (Å²) in [5.74, 6) is 1.43. The third-order valence-electron chi connectivity index (χ3n) is 5.91. The number of carbonyl (C=O) groups is 1. The molecule has 0 saturated carbocycles. The molecule has 0 amide bonds. The Morgan fingerprint density at radius 2 is 1.90 bits per heavy atom. The van der Waals surface area contributed by atoms with Crippen LogP contribution in [0.1, 0.15) is 35.9 Å². The summed E-state index contributed by atoms with van der Waals surface area (Å²) < 4.78 is 26.4. The van der Waals surface area contributed by atoms with Crippen molar-refractivity contribution >= 4 is 11.7 Å². The zero-order chi connectivity index (χ0) is 21.5. The number of carbonyl (C=O) groups excluding carboxylic acids is 1. The molecule has 0 saturated heterocycles. The minimum Gasteiger partial charge on any atom is -0.493 e. The molecule has 1 N–H and O–H groups in total. The third kappa shape index (κ3) is 3.24. The molecule has 2 atom stereocenters. The number of nitrogens with one attached hydrogen (secondary N) is 1. The normalized spacial score (nSPS) is 20.0. The van der Waals surface area contributed by atoms with Crippen LogP contribution in [0.15, 0.2) is 60.1 Å². The summed E-state index contributed by atoms with van der Waals surface area (Å²) in [6.07, 6.45) is 2.39. The van der Waals surface area contributed by atoms with Gasteiger partial charge in [0.25, 0.3) is 0 Å². The second-order valence-electron chi connectivity index (χ2n) is 7.65. The van der Waals surface area contributed by atoms with Gasteiger partial charge in [-0.3, -0.25) is 4.79 Å². The molecule has 5 rings (SSSR count). The van der Waals surface area contributed by atoms with Crippen LogP contribution in [0.25, 0.3) is 0 Å². The Morgan fingerprint density at radius 1 is 1.06 bits per heavy atom. The number of hydrogen-bond acceptors (Lipinski definition) is 6. The van der Waals surface area contributed by atoms with Crippen molar-refractivity contribution in [3.05, 3.63) is 77.0 Å². The largest absolute Gasteiger partial charge is 0.493 e. The van der Waals surface area contributed by atoms with Gasteiger partial charge in [-0.25, -0.2) is 9.07 Å². The van der Waals surface area contributed by atoms with Crippen molar-refractivity contribution in [3.8, 4) is 11.5 Å². The maximum atomic E-state index is 14.0. The molecule has 1 aliphatic carbocycles. The molecule has 0 radical (unpaired) electrons. The first-order chi connectivity index (χ1) is 15.1. The molecule has 0 spiro atoms. The Labute approximate surface area is 178 Å². The summed E-state index contributed by atoms with van der Waals surface area (Å²) in [4.78, 5) is 17.7. The zero-order valence-corrected chi connectivity index (χ0v) is 17.1. The monoisotopic (exact) mass is 420 g/mol. The Morgan fingerprint density at radius 3 is 2.68 bits per heavy atom. The number of nitrogens with zero attached hydrogens (tertiary/aromatic N) is 3. The molecular formula is C23H21FN4O3. The van der Waals surface area contributed by atoms with Crippen LogP contribution in [-0.4, -0.2) is 34.8 Å². The molecule has 158 valence electrons. The molecule has 8 heteroatoms. The van der Waals surface area contributed by atoms with E-state index in [4.69, 9.17) is 9.47 Å². The van der Waals surface area contributed by atoms with E-state index in [-0.39, 0.29) is 17.5 Å². The van der Waals surface area contributed by atoms with E-state index in [9.17, 15) is 9.18 Å². The molecule has 2 aromatic carbocycles. The number of ketones is 1. The smallest absolute Gasteiger partial charge is 0.226 e. The highest BCUT2D eigenvalue weighted by molar-refractivity contribution is 6.00. The number of aromatic nitrogens is 3. The van der Waals surface area contributed by atoms with E-state index in [1.54, 1.807) is 25.0 Å². The van der Waals surface area contributed by atoms with Crippen LogP contribution in [0.4, 0.5) is 10.3 Å². The van der Waals surface area contributed by atoms with E-state index in [1.165, 1.54) is 18.5 Å². The van der Waals surface area contributed by atoms with Crippen LogP contribution >= 0.6 is 0 Å². The average Bonchev–Trinajstić information content (AvgIpc) is 3.25. The van der Waals surface area contributed by atoms with Crippen LogP contribution in [0.2, 0.25) is 0 Å². The van der Waals surface area contributed by atoms with Gasteiger partial charge in [0.2, 0.25) is 5.95 Å². The molecule has 7 nitrogen and oxygen atoms in total. The van der Waals surface area contributed by atoms with Gasteiger partial charge in [0, 0.05) is 17.7 Å². The van der Waals surface area contributed by atoms with Gasteiger partial charge in [-0.15, -0.1) is 0 Å². The zero-order valence-electron chi connectivity index (χ0n) is 17.1. The van der Waals surface area contributed by atoms with Gasteiger partial charge in [-0.05, 0) is 47.7 Å². The molecule has 2 heterocycles. The van der Waals surface area contributed by atoms with Gasteiger partial charge in [0.1, 0.15) is 18.2 Å². The van der Waals surface area contributed by atoms with E-state index in [0.717, 1.165) is 11.3 Å². The maximum Gasteiger partial charge on any atom is 0.226 e. The molecule has 31 heavy (non-hydrogen) atoms. The van der Waals surface area contributed by atoms with Crippen molar-refractivity contribution in [1.29, 1.82) is 0 Å². The average molecular weight is 420 g/mol. The Kier molecular flexibility index (Phi) is 4.69. The summed E-state index contributed by atoms with van der Waals surface area (Å²) in [7, 11) is 3.18. The van der Waals surface area contributed by atoms with E-state index < -0.39 is 6.04 Å². The van der Waals surface area contributed by atoms with Gasteiger partial charge in [0.05, 0.1) is 14.2 Å². The van der Waals surface area contributed by atoms with Crippen molar-refractivity contribution in [2.45, 2.75) is 24.8 Å². The summed E-state index contributed by atoms with van der Waals surface area (Å²) in [5, 5.41) is 7.57. The highest BCUT2D eigenvalue weighted by atomic mass is 19.1. The fourth-order valence-corrected chi connectivity index (χ4v) is 4.48. The van der Waals surface area contributed by atoms with Gasteiger partial charge in [-0.1, -0.05) is 18.2 Å². The quantitative estimate of drug-likeness (QED) is 0.691. The Balaban J connectivity index is 1.56. The summed E-state index contributed by atoms with van der Waals surface area (Å²) in [6.45, 7) is 0.